The van der Waals surface area contributed by atoms with Crippen LogP contribution in [-0.2, 0) is 9.59 Å². The average Bonchev–Trinajstić information content (AvgIpc) is 2.96. The van der Waals surface area contributed by atoms with Gasteiger partial charge in [0, 0.05) is 37.5 Å². The molecule has 1 saturated heterocycles. The molecule has 2 aliphatic rings. The number of rotatable bonds is 5. The molecule has 1 aliphatic carbocycles. The van der Waals surface area contributed by atoms with Crippen molar-refractivity contribution in [2.24, 2.45) is 11.8 Å². The first-order valence-electron chi connectivity index (χ1n) is 8.84. The molecule has 0 aromatic heterocycles. The Morgan fingerprint density at radius 2 is 1.83 bits per heavy atom. The van der Waals surface area contributed by atoms with Crippen LogP contribution in [0.2, 0.25) is 0 Å². The Kier molecular flexibility index (Phi) is 5.31. The van der Waals surface area contributed by atoms with Crippen molar-refractivity contribution < 1.29 is 9.59 Å². The Balaban J connectivity index is 1.44. The number of hydrogen-bond donors (Lipinski definition) is 1. The van der Waals surface area contributed by atoms with E-state index in [0.29, 0.717) is 31.8 Å². The zero-order chi connectivity index (χ0) is 16.1. The molecular weight excluding hydrogens is 288 g/mol. The van der Waals surface area contributed by atoms with Crippen molar-refractivity contribution in [3.63, 3.8) is 0 Å². The number of carbonyl (C=O) groups excluding carboxylic acids is 2. The largest absolute Gasteiger partial charge is 0.356 e. The van der Waals surface area contributed by atoms with E-state index in [2.05, 4.69) is 5.32 Å². The zero-order valence-corrected chi connectivity index (χ0v) is 13.7. The van der Waals surface area contributed by atoms with Crippen molar-refractivity contribution in [2.45, 2.75) is 44.9 Å². The van der Waals surface area contributed by atoms with Crippen LogP contribution in [0.4, 0.5) is 5.69 Å². The lowest BCUT2D eigenvalue weighted by molar-refractivity contribution is -0.122. The summed E-state index contributed by atoms with van der Waals surface area (Å²) in [4.78, 5) is 26.1. The van der Waals surface area contributed by atoms with Crippen molar-refractivity contribution in [3.05, 3.63) is 30.3 Å². The second kappa shape index (κ2) is 7.62. The summed E-state index contributed by atoms with van der Waals surface area (Å²) in [7, 11) is 0. The van der Waals surface area contributed by atoms with E-state index in [0.717, 1.165) is 5.69 Å². The maximum Gasteiger partial charge on any atom is 0.227 e. The summed E-state index contributed by atoms with van der Waals surface area (Å²) >= 11 is 0. The van der Waals surface area contributed by atoms with Gasteiger partial charge >= 0.3 is 0 Å². The van der Waals surface area contributed by atoms with Crippen molar-refractivity contribution >= 4 is 17.5 Å². The molecule has 1 aromatic carbocycles. The number of anilines is 1. The second-order valence-corrected chi connectivity index (χ2v) is 6.92. The predicted octanol–water partition coefficient (Wildman–Crippen LogP) is 3.13. The SMILES string of the molecule is O=C(CC1CCCCC1)NC[C@H]1CC(=O)N(c2ccccc2)C1. The number of benzene rings is 1. The smallest absolute Gasteiger partial charge is 0.227 e. The highest BCUT2D eigenvalue weighted by Crippen LogP contribution is 2.27. The van der Waals surface area contributed by atoms with Gasteiger partial charge in [0.2, 0.25) is 11.8 Å². The predicted molar refractivity (Wildman–Crippen MR) is 91.1 cm³/mol. The van der Waals surface area contributed by atoms with E-state index in [4.69, 9.17) is 0 Å². The lowest BCUT2D eigenvalue weighted by Crippen LogP contribution is -2.32. The van der Waals surface area contributed by atoms with Gasteiger partial charge in [-0.3, -0.25) is 9.59 Å². The molecular formula is C19H26N2O2. The van der Waals surface area contributed by atoms with Gasteiger partial charge in [-0.2, -0.15) is 0 Å². The van der Waals surface area contributed by atoms with Gasteiger partial charge in [0.15, 0.2) is 0 Å². The maximum atomic E-state index is 12.2. The highest BCUT2D eigenvalue weighted by atomic mass is 16.2. The van der Waals surface area contributed by atoms with Gasteiger partial charge < -0.3 is 10.2 Å². The molecule has 1 aliphatic heterocycles. The molecule has 124 valence electrons. The Labute approximate surface area is 138 Å². The standard InChI is InChI=1S/C19H26N2O2/c22-18(11-15-7-3-1-4-8-15)20-13-16-12-19(23)21(14-16)17-9-5-2-6-10-17/h2,5-6,9-10,15-16H,1,3-4,7-8,11-14H2,(H,20,22)/t16-/m1/s1. The second-order valence-electron chi connectivity index (χ2n) is 6.92. The van der Waals surface area contributed by atoms with Crippen molar-refractivity contribution in [2.75, 3.05) is 18.0 Å². The van der Waals surface area contributed by atoms with Crippen LogP contribution < -0.4 is 10.2 Å². The van der Waals surface area contributed by atoms with Crippen LogP contribution in [-0.4, -0.2) is 24.9 Å². The van der Waals surface area contributed by atoms with E-state index < -0.39 is 0 Å². The van der Waals surface area contributed by atoms with Gasteiger partial charge in [-0.05, 0) is 30.9 Å². The third-order valence-corrected chi connectivity index (χ3v) is 5.06. The summed E-state index contributed by atoms with van der Waals surface area (Å²) < 4.78 is 0. The molecule has 0 radical (unpaired) electrons. The van der Waals surface area contributed by atoms with Crippen LogP contribution in [0.1, 0.15) is 44.9 Å². The summed E-state index contributed by atoms with van der Waals surface area (Å²) in [6.07, 6.45) is 7.41. The van der Waals surface area contributed by atoms with Gasteiger partial charge in [0.25, 0.3) is 0 Å². The number of carbonyl (C=O) groups is 2. The molecule has 1 heterocycles. The fraction of sp³-hybridized carbons (Fsp3) is 0.579. The summed E-state index contributed by atoms with van der Waals surface area (Å²) in [5.41, 5.74) is 0.952. The normalized spacial score (nSPS) is 22.3. The molecule has 0 spiro atoms. The average molecular weight is 314 g/mol. The Hall–Kier alpha value is -1.84. The Morgan fingerprint density at radius 1 is 1.09 bits per heavy atom. The quantitative estimate of drug-likeness (QED) is 0.908. The highest BCUT2D eigenvalue weighted by Gasteiger charge is 2.30. The van der Waals surface area contributed by atoms with Gasteiger partial charge in [-0.1, -0.05) is 37.5 Å². The van der Waals surface area contributed by atoms with E-state index in [-0.39, 0.29) is 17.7 Å². The topological polar surface area (TPSA) is 49.4 Å². The number of amides is 2. The lowest BCUT2D eigenvalue weighted by atomic mass is 9.87. The van der Waals surface area contributed by atoms with E-state index in [1.54, 1.807) is 0 Å². The number of nitrogens with one attached hydrogen (secondary N) is 1. The molecule has 0 unspecified atom stereocenters. The molecule has 1 aromatic rings. The van der Waals surface area contributed by atoms with E-state index in [1.807, 2.05) is 35.2 Å². The van der Waals surface area contributed by atoms with E-state index in [9.17, 15) is 9.59 Å². The van der Waals surface area contributed by atoms with Crippen LogP contribution in [0, 0.1) is 11.8 Å². The summed E-state index contributed by atoms with van der Waals surface area (Å²) in [5.74, 6) is 1.10. The Bertz CT molecular complexity index is 538. The Morgan fingerprint density at radius 3 is 2.57 bits per heavy atom. The molecule has 1 saturated carbocycles. The minimum absolute atomic E-state index is 0.155. The van der Waals surface area contributed by atoms with Crippen molar-refractivity contribution in [3.8, 4) is 0 Å². The maximum absolute atomic E-state index is 12.2. The van der Waals surface area contributed by atoms with Crippen molar-refractivity contribution in [1.29, 1.82) is 0 Å². The van der Waals surface area contributed by atoms with Crippen LogP contribution in [0.25, 0.3) is 0 Å². The molecule has 1 atom stereocenters. The highest BCUT2D eigenvalue weighted by molar-refractivity contribution is 5.95. The van der Waals surface area contributed by atoms with E-state index >= 15 is 0 Å². The van der Waals surface area contributed by atoms with Gasteiger partial charge in [-0.15, -0.1) is 0 Å². The first-order valence-corrected chi connectivity index (χ1v) is 8.84. The number of nitrogens with zero attached hydrogens (tertiary/aromatic N) is 1. The first-order chi connectivity index (χ1) is 11.2. The molecule has 1 N–H and O–H groups in total. The number of para-hydroxylation sites is 1. The molecule has 23 heavy (non-hydrogen) atoms. The molecule has 2 fully saturated rings. The van der Waals surface area contributed by atoms with Crippen molar-refractivity contribution in [1.82, 2.24) is 5.32 Å². The molecule has 4 heteroatoms. The molecule has 2 amide bonds. The third-order valence-electron chi connectivity index (χ3n) is 5.06. The van der Waals surface area contributed by atoms with E-state index in [1.165, 1.54) is 32.1 Å². The minimum Gasteiger partial charge on any atom is -0.356 e. The van der Waals surface area contributed by atoms with Gasteiger partial charge in [-0.25, -0.2) is 0 Å². The van der Waals surface area contributed by atoms with Crippen LogP contribution in [0.3, 0.4) is 0 Å². The van der Waals surface area contributed by atoms with Crippen LogP contribution >= 0.6 is 0 Å². The third kappa shape index (κ3) is 4.34. The lowest BCUT2D eigenvalue weighted by Gasteiger charge is -2.21. The fourth-order valence-corrected chi connectivity index (χ4v) is 3.76. The summed E-state index contributed by atoms with van der Waals surface area (Å²) in [6, 6.07) is 9.76. The van der Waals surface area contributed by atoms with Crippen LogP contribution in [0.5, 0.6) is 0 Å². The summed E-state index contributed by atoms with van der Waals surface area (Å²) in [6.45, 7) is 1.31. The number of hydrogen-bond acceptors (Lipinski definition) is 2. The zero-order valence-electron chi connectivity index (χ0n) is 13.7. The van der Waals surface area contributed by atoms with Crippen LogP contribution in [0.15, 0.2) is 30.3 Å². The molecule has 4 nitrogen and oxygen atoms in total. The monoisotopic (exact) mass is 314 g/mol. The fourth-order valence-electron chi connectivity index (χ4n) is 3.76. The molecule has 3 rings (SSSR count). The van der Waals surface area contributed by atoms with Gasteiger partial charge in [0.1, 0.15) is 0 Å². The van der Waals surface area contributed by atoms with Gasteiger partial charge in [0.05, 0.1) is 0 Å². The summed E-state index contributed by atoms with van der Waals surface area (Å²) in [5, 5.41) is 3.05. The molecule has 0 bridgehead atoms. The minimum atomic E-state index is 0.155. The first kappa shape index (κ1) is 16.0.